The molecule has 0 aliphatic heterocycles. The summed E-state index contributed by atoms with van der Waals surface area (Å²) >= 11 is 1.30. The standard InChI is InChI=1S/C15H14F3N3OS/c1-2-7-21(10-15(16,17)18)13(22)8-11-9-23-14(20-11)12-5-3-4-6-19-12/h2-6,9H,1,7-8,10H2. The predicted octanol–water partition coefficient (Wildman–Crippen LogP) is 3.32. The number of carbonyl (C=O) groups excluding carboxylic acids is 1. The second-order valence-corrected chi connectivity index (χ2v) is 5.57. The van der Waals surface area contributed by atoms with E-state index in [9.17, 15) is 18.0 Å². The molecule has 2 rings (SSSR count). The zero-order valence-corrected chi connectivity index (χ0v) is 12.9. The SMILES string of the molecule is C=CCN(CC(F)(F)F)C(=O)Cc1csc(-c2ccccn2)n1. The van der Waals surface area contributed by atoms with Crippen molar-refractivity contribution in [3.63, 3.8) is 0 Å². The van der Waals surface area contributed by atoms with E-state index in [1.54, 1.807) is 23.7 Å². The Kier molecular flexibility index (Phi) is 5.49. The molecule has 23 heavy (non-hydrogen) atoms. The Bertz CT molecular complexity index is 670. The lowest BCUT2D eigenvalue weighted by Crippen LogP contribution is -2.39. The van der Waals surface area contributed by atoms with Gasteiger partial charge in [-0.3, -0.25) is 9.78 Å². The Balaban J connectivity index is 2.07. The molecule has 0 aliphatic carbocycles. The van der Waals surface area contributed by atoms with Crippen LogP contribution in [0.15, 0.2) is 42.4 Å². The number of amides is 1. The van der Waals surface area contributed by atoms with E-state index in [-0.39, 0.29) is 13.0 Å². The Morgan fingerprint density at radius 3 is 2.78 bits per heavy atom. The number of rotatable bonds is 6. The lowest BCUT2D eigenvalue weighted by Gasteiger charge is -2.22. The molecule has 0 atom stereocenters. The van der Waals surface area contributed by atoms with Crippen LogP contribution in [0.4, 0.5) is 13.2 Å². The Morgan fingerprint density at radius 2 is 2.17 bits per heavy atom. The molecule has 0 fully saturated rings. The van der Waals surface area contributed by atoms with E-state index < -0.39 is 18.6 Å². The first kappa shape index (κ1) is 17.1. The predicted molar refractivity (Wildman–Crippen MR) is 81.9 cm³/mol. The molecule has 0 spiro atoms. The first-order valence-corrected chi connectivity index (χ1v) is 7.58. The van der Waals surface area contributed by atoms with Crippen molar-refractivity contribution in [3.05, 3.63) is 48.1 Å². The maximum atomic E-state index is 12.5. The smallest absolute Gasteiger partial charge is 0.330 e. The highest BCUT2D eigenvalue weighted by atomic mass is 32.1. The summed E-state index contributed by atoms with van der Waals surface area (Å²) in [5, 5.41) is 2.28. The molecule has 4 nitrogen and oxygen atoms in total. The van der Waals surface area contributed by atoms with Crippen molar-refractivity contribution in [2.75, 3.05) is 13.1 Å². The Labute approximate surface area is 135 Å². The number of thiazole rings is 1. The summed E-state index contributed by atoms with van der Waals surface area (Å²) in [6.07, 6.45) is -1.74. The maximum absolute atomic E-state index is 12.5. The largest absolute Gasteiger partial charge is 0.406 e. The summed E-state index contributed by atoms with van der Waals surface area (Å²) in [5.41, 5.74) is 1.09. The van der Waals surface area contributed by atoms with Gasteiger partial charge in [-0.05, 0) is 12.1 Å². The summed E-state index contributed by atoms with van der Waals surface area (Å²) < 4.78 is 37.5. The van der Waals surface area contributed by atoms with E-state index >= 15 is 0 Å². The molecule has 8 heteroatoms. The van der Waals surface area contributed by atoms with Crippen LogP contribution < -0.4 is 0 Å². The van der Waals surface area contributed by atoms with Crippen LogP contribution in [-0.4, -0.2) is 40.0 Å². The van der Waals surface area contributed by atoms with Gasteiger partial charge in [0.25, 0.3) is 0 Å². The van der Waals surface area contributed by atoms with Crippen LogP contribution in [0.5, 0.6) is 0 Å². The zero-order chi connectivity index (χ0) is 16.9. The number of alkyl halides is 3. The zero-order valence-electron chi connectivity index (χ0n) is 12.1. The van der Waals surface area contributed by atoms with E-state index in [4.69, 9.17) is 0 Å². The molecule has 0 saturated heterocycles. The van der Waals surface area contributed by atoms with Gasteiger partial charge in [0.15, 0.2) is 0 Å². The summed E-state index contributed by atoms with van der Waals surface area (Å²) in [4.78, 5) is 21.2. The fourth-order valence-corrected chi connectivity index (χ4v) is 2.68. The third kappa shape index (κ3) is 5.17. The van der Waals surface area contributed by atoms with Gasteiger partial charge in [-0.2, -0.15) is 13.2 Å². The van der Waals surface area contributed by atoms with Gasteiger partial charge < -0.3 is 4.90 Å². The number of carbonyl (C=O) groups is 1. The van der Waals surface area contributed by atoms with E-state index in [1.807, 2.05) is 6.07 Å². The minimum absolute atomic E-state index is 0.157. The summed E-state index contributed by atoms with van der Waals surface area (Å²) in [7, 11) is 0. The highest BCUT2D eigenvalue weighted by Gasteiger charge is 2.32. The summed E-state index contributed by atoms with van der Waals surface area (Å²) in [5.74, 6) is -0.639. The third-order valence-electron chi connectivity index (χ3n) is 2.84. The minimum atomic E-state index is -4.44. The summed E-state index contributed by atoms with van der Waals surface area (Å²) in [6.45, 7) is 1.93. The second kappa shape index (κ2) is 7.36. The number of aromatic nitrogens is 2. The molecule has 2 aromatic rings. The molecule has 1 amide bonds. The fourth-order valence-electron chi connectivity index (χ4n) is 1.89. The quantitative estimate of drug-likeness (QED) is 0.757. The first-order chi connectivity index (χ1) is 10.9. The normalized spacial score (nSPS) is 11.3. The van der Waals surface area contributed by atoms with Gasteiger partial charge in [0.1, 0.15) is 11.6 Å². The number of pyridine rings is 1. The van der Waals surface area contributed by atoms with Crippen LogP contribution in [0.3, 0.4) is 0 Å². The lowest BCUT2D eigenvalue weighted by atomic mass is 10.3. The number of hydrogen-bond acceptors (Lipinski definition) is 4. The summed E-state index contributed by atoms with van der Waals surface area (Å²) in [6, 6.07) is 5.35. The Hall–Kier alpha value is -2.22. The molecule has 0 aliphatic rings. The molecule has 122 valence electrons. The van der Waals surface area contributed by atoms with E-state index in [1.165, 1.54) is 17.4 Å². The van der Waals surface area contributed by atoms with Gasteiger partial charge >= 0.3 is 6.18 Å². The molecule has 2 heterocycles. The van der Waals surface area contributed by atoms with Crippen molar-refractivity contribution >= 4 is 17.2 Å². The van der Waals surface area contributed by atoms with E-state index in [0.717, 1.165) is 0 Å². The van der Waals surface area contributed by atoms with Crippen LogP contribution in [0.1, 0.15) is 5.69 Å². The Morgan fingerprint density at radius 1 is 1.39 bits per heavy atom. The molecule has 0 saturated carbocycles. The topological polar surface area (TPSA) is 46.1 Å². The van der Waals surface area contributed by atoms with Gasteiger partial charge in [0, 0.05) is 18.1 Å². The van der Waals surface area contributed by atoms with Gasteiger partial charge in [0.05, 0.1) is 17.8 Å². The van der Waals surface area contributed by atoms with Gasteiger partial charge in [0.2, 0.25) is 5.91 Å². The monoisotopic (exact) mass is 341 g/mol. The van der Waals surface area contributed by atoms with E-state index in [0.29, 0.717) is 21.3 Å². The van der Waals surface area contributed by atoms with Crippen LogP contribution in [-0.2, 0) is 11.2 Å². The van der Waals surface area contributed by atoms with Crippen molar-refractivity contribution < 1.29 is 18.0 Å². The molecular weight excluding hydrogens is 327 g/mol. The fraction of sp³-hybridized carbons (Fsp3) is 0.267. The second-order valence-electron chi connectivity index (χ2n) is 4.71. The minimum Gasteiger partial charge on any atom is -0.330 e. The van der Waals surface area contributed by atoms with Crippen molar-refractivity contribution in [2.24, 2.45) is 0 Å². The van der Waals surface area contributed by atoms with Crippen LogP contribution in [0, 0.1) is 0 Å². The molecular formula is C15H14F3N3OS. The average molecular weight is 341 g/mol. The van der Waals surface area contributed by atoms with Gasteiger partial charge in [-0.15, -0.1) is 17.9 Å². The molecule has 0 bridgehead atoms. The van der Waals surface area contributed by atoms with Gasteiger partial charge in [-0.1, -0.05) is 12.1 Å². The van der Waals surface area contributed by atoms with Crippen LogP contribution in [0.2, 0.25) is 0 Å². The highest BCUT2D eigenvalue weighted by molar-refractivity contribution is 7.13. The van der Waals surface area contributed by atoms with E-state index in [2.05, 4.69) is 16.5 Å². The molecule has 0 aromatic carbocycles. The molecule has 0 unspecified atom stereocenters. The van der Waals surface area contributed by atoms with Gasteiger partial charge in [-0.25, -0.2) is 4.98 Å². The lowest BCUT2D eigenvalue weighted by molar-refractivity contribution is -0.159. The van der Waals surface area contributed by atoms with Crippen LogP contribution in [0.25, 0.3) is 10.7 Å². The third-order valence-corrected chi connectivity index (χ3v) is 3.75. The molecule has 0 radical (unpaired) electrons. The van der Waals surface area contributed by atoms with Crippen LogP contribution >= 0.6 is 11.3 Å². The van der Waals surface area contributed by atoms with Crippen molar-refractivity contribution in [1.29, 1.82) is 0 Å². The average Bonchev–Trinajstić information content (AvgIpc) is 2.95. The maximum Gasteiger partial charge on any atom is 0.406 e. The molecule has 0 N–H and O–H groups in total. The highest BCUT2D eigenvalue weighted by Crippen LogP contribution is 2.22. The first-order valence-electron chi connectivity index (χ1n) is 6.70. The van der Waals surface area contributed by atoms with Crippen molar-refractivity contribution in [3.8, 4) is 10.7 Å². The number of halogens is 3. The molecule has 2 aromatic heterocycles. The number of nitrogens with zero attached hydrogens (tertiary/aromatic N) is 3. The van der Waals surface area contributed by atoms with Crippen molar-refractivity contribution in [1.82, 2.24) is 14.9 Å². The van der Waals surface area contributed by atoms with Crippen molar-refractivity contribution in [2.45, 2.75) is 12.6 Å². The number of hydrogen-bond donors (Lipinski definition) is 0.